The molecule has 0 heterocycles. The fraction of sp³-hybridized carbons (Fsp3) is 0.556. The molecule has 0 radical (unpaired) electrons. The molecule has 124 valence electrons. The van der Waals surface area contributed by atoms with Crippen LogP contribution in [-0.4, -0.2) is 20.0 Å². The Kier molecular flexibility index (Phi) is 6.56. The van der Waals surface area contributed by atoms with Gasteiger partial charge in [-0.15, -0.1) is 6.58 Å². The van der Waals surface area contributed by atoms with Crippen molar-refractivity contribution in [3.63, 3.8) is 0 Å². The predicted octanol–water partition coefficient (Wildman–Crippen LogP) is 4.96. The van der Waals surface area contributed by atoms with Crippen molar-refractivity contribution in [2.45, 2.75) is 65.4 Å². The molecule has 0 amide bonds. The Morgan fingerprint density at radius 1 is 0.955 bits per heavy atom. The van der Waals surface area contributed by atoms with Gasteiger partial charge in [-0.3, -0.25) is 0 Å². The lowest BCUT2D eigenvalue weighted by atomic mass is 10.2. The van der Waals surface area contributed by atoms with Crippen molar-refractivity contribution in [2.75, 3.05) is 0 Å². The maximum absolute atomic E-state index is 6.29. The minimum absolute atomic E-state index is 0.336. The third-order valence-corrected chi connectivity index (χ3v) is 5.84. The molecule has 0 aliphatic rings. The minimum atomic E-state index is -2.87. The lowest BCUT2D eigenvalue weighted by molar-refractivity contribution is -0.0458. The van der Waals surface area contributed by atoms with E-state index in [1.807, 2.05) is 78.0 Å². The molecule has 0 fully saturated rings. The quantitative estimate of drug-likeness (QED) is 0.524. The van der Waals surface area contributed by atoms with Crippen molar-refractivity contribution in [1.29, 1.82) is 0 Å². The van der Waals surface area contributed by atoms with Crippen LogP contribution in [0, 0.1) is 0 Å². The molecular weight excluding hydrogens is 292 g/mol. The molecule has 0 N–H and O–H groups in total. The van der Waals surface area contributed by atoms with Gasteiger partial charge in [-0.1, -0.05) is 36.4 Å². The number of rotatable bonds is 7. The summed E-state index contributed by atoms with van der Waals surface area (Å²) < 4.78 is 18.8. The van der Waals surface area contributed by atoms with Crippen molar-refractivity contribution in [1.82, 2.24) is 0 Å². The highest BCUT2D eigenvalue weighted by Gasteiger charge is 2.46. The van der Waals surface area contributed by atoms with Gasteiger partial charge in [0.1, 0.15) is 0 Å². The molecule has 0 bridgehead atoms. The van der Waals surface area contributed by atoms with E-state index >= 15 is 0 Å². The second kappa shape index (κ2) is 7.55. The summed E-state index contributed by atoms with van der Waals surface area (Å²) in [5, 5.41) is 0. The molecule has 0 atom stereocenters. The maximum Gasteiger partial charge on any atom is 0.506 e. The molecule has 0 aliphatic carbocycles. The van der Waals surface area contributed by atoms with Crippen LogP contribution in [0.2, 0.25) is 6.04 Å². The van der Waals surface area contributed by atoms with Crippen LogP contribution in [0.1, 0.15) is 47.1 Å². The van der Waals surface area contributed by atoms with E-state index in [-0.39, 0.29) is 11.2 Å². The largest absolute Gasteiger partial charge is 0.506 e. The lowest BCUT2D eigenvalue weighted by Gasteiger charge is -2.39. The van der Waals surface area contributed by atoms with Crippen LogP contribution in [0.15, 0.2) is 43.0 Å². The highest BCUT2D eigenvalue weighted by Crippen LogP contribution is 2.29. The molecule has 4 heteroatoms. The van der Waals surface area contributed by atoms with E-state index in [2.05, 4.69) is 6.58 Å². The van der Waals surface area contributed by atoms with Gasteiger partial charge < -0.3 is 13.3 Å². The third kappa shape index (κ3) is 7.36. The maximum atomic E-state index is 6.29. The van der Waals surface area contributed by atoms with Gasteiger partial charge in [-0.25, -0.2) is 0 Å². The standard InChI is InChI=1S/C18H30O3Si/c1-8-14-22(20-17(2,3)4,21-18(5,6)7)19-15-16-12-10-9-11-13-16/h8-13H,1,14-15H2,2-7H3. The molecule has 0 unspecified atom stereocenters. The molecule has 0 spiro atoms. The summed E-state index contributed by atoms with van der Waals surface area (Å²) in [6.45, 7) is 16.5. The molecule has 1 aromatic rings. The van der Waals surface area contributed by atoms with Crippen molar-refractivity contribution in [3.05, 3.63) is 48.6 Å². The average Bonchev–Trinajstić information content (AvgIpc) is 2.34. The third-order valence-electron chi connectivity index (χ3n) is 2.62. The van der Waals surface area contributed by atoms with Crippen LogP contribution in [0.25, 0.3) is 0 Å². The fourth-order valence-corrected chi connectivity index (χ4v) is 5.15. The number of hydrogen-bond acceptors (Lipinski definition) is 3. The highest BCUT2D eigenvalue weighted by molar-refractivity contribution is 6.61. The molecule has 1 aromatic carbocycles. The number of benzene rings is 1. The van der Waals surface area contributed by atoms with E-state index in [1.165, 1.54) is 0 Å². The minimum Gasteiger partial charge on any atom is -0.369 e. The van der Waals surface area contributed by atoms with E-state index in [0.717, 1.165) is 5.56 Å². The van der Waals surface area contributed by atoms with Gasteiger partial charge in [0, 0.05) is 6.04 Å². The van der Waals surface area contributed by atoms with Crippen molar-refractivity contribution < 1.29 is 13.3 Å². The highest BCUT2D eigenvalue weighted by atomic mass is 28.4. The van der Waals surface area contributed by atoms with Crippen LogP contribution in [0.5, 0.6) is 0 Å². The van der Waals surface area contributed by atoms with Crippen LogP contribution < -0.4 is 0 Å². The van der Waals surface area contributed by atoms with E-state index < -0.39 is 8.80 Å². The molecule has 3 nitrogen and oxygen atoms in total. The summed E-state index contributed by atoms with van der Waals surface area (Å²) in [4.78, 5) is 0. The zero-order chi connectivity index (χ0) is 16.9. The Morgan fingerprint density at radius 3 is 1.86 bits per heavy atom. The Hall–Kier alpha value is -0.943. The Bertz CT molecular complexity index is 441. The summed E-state index contributed by atoms with van der Waals surface area (Å²) in [5.74, 6) is 0. The van der Waals surface area contributed by atoms with Crippen LogP contribution in [0.3, 0.4) is 0 Å². The fourth-order valence-electron chi connectivity index (χ4n) is 2.10. The second-order valence-corrected chi connectivity index (χ2v) is 9.85. The summed E-state index contributed by atoms with van der Waals surface area (Å²) in [7, 11) is -2.87. The van der Waals surface area contributed by atoms with Gasteiger partial charge in [-0.05, 0) is 47.1 Å². The summed E-state index contributed by atoms with van der Waals surface area (Å²) in [6, 6.07) is 10.7. The topological polar surface area (TPSA) is 27.7 Å². The van der Waals surface area contributed by atoms with E-state index in [0.29, 0.717) is 12.7 Å². The van der Waals surface area contributed by atoms with Gasteiger partial charge in [0.2, 0.25) is 0 Å². The normalized spacial score (nSPS) is 13.2. The first-order valence-electron chi connectivity index (χ1n) is 7.74. The zero-order valence-corrected chi connectivity index (χ0v) is 15.8. The molecule has 0 saturated carbocycles. The number of hydrogen-bond donors (Lipinski definition) is 0. The summed E-state index contributed by atoms with van der Waals surface area (Å²) in [6.07, 6.45) is 1.83. The lowest BCUT2D eigenvalue weighted by Crippen LogP contribution is -2.53. The molecule has 0 aromatic heterocycles. The number of allylic oxidation sites excluding steroid dienone is 1. The monoisotopic (exact) mass is 322 g/mol. The van der Waals surface area contributed by atoms with Crippen LogP contribution in [0.4, 0.5) is 0 Å². The smallest absolute Gasteiger partial charge is 0.369 e. The predicted molar refractivity (Wildman–Crippen MR) is 93.7 cm³/mol. The van der Waals surface area contributed by atoms with Gasteiger partial charge in [0.15, 0.2) is 0 Å². The molecule has 0 saturated heterocycles. The van der Waals surface area contributed by atoms with Crippen molar-refractivity contribution in [3.8, 4) is 0 Å². The molecule has 22 heavy (non-hydrogen) atoms. The van der Waals surface area contributed by atoms with Crippen LogP contribution >= 0.6 is 0 Å². The summed E-state index contributed by atoms with van der Waals surface area (Å²) >= 11 is 0. The average molecular weight is 323 g/mol. The van der Waals surface area contributed by atoms with Gasteiger partial charge in [-0.2, -0.15) is 0 Å². The van der Waals surface area contributed by atoms with Crippen LogP contribution in [-0.2, 0) is 19.9 Å². The summed E-state index contributed by atoms with van der Waals surface area (Å²) in [5.41, 5.74) is 0.437. The molecule has 1 rings (SSSR count). The Labute approximate surface area is 136 Å². The Morgan fingerprint density at radius 2 is 1.45 bits per heavy atom. The van der Waals surface area contributed by atoms with Gasteiger partial charge in [0.05, 0.1) is 17.8 Å². The Balaban J connectivity index is 2.97. The molecular formula is C18H30O3Si. The van der Waals surface area contributed by atoms with E-state index in [4.69, 9.17) is 13.3 Å². The first kappa shape index (κ1) is 19.1. The SMILES string of the molecule is C=CC[Si](OCc1ccccc1)(OC(C)(C)C)OC(C)(C)C. The first-order valence-corrected chi connectivity index (χ1v) is 9.68. The zero-order valence-electron chi connectivity index (χ0n) is 14.8. The van der Waals surface area contributed by atoms with Gasteiger partial charge in [0.25, 0.3) is 0 Å². The first-order chi connectivity index (χ1) is 10.1. The van der Waals surface area contributed by atoms with E-state index in [1.54, 1.807) is 0 Å². The van der Waals surface area contributed by atoms with Gasteiger partial charge >= 0.3 is 8.80 Å². The van der Waals surface area contributed by atoms with E-state index in [9.17, 15) is 0 Å². The second-order valence-electron chi connectivity index (χ2n) is 7.38. The molecule has 0 aliphatic heterocycles. The van der Waals surface area contributed by atoms with Crippen molar-refractivity contribution >= 4 is 8.80 Å². The van der Waals surface area contributed by atoms with Crippen molar-refractivity contribution in [2.24, 2.45) is 0 Å².